The van der Waals surface area contributed by atoms with Crippen LogP contribution < -0.4 is 0 Å². The SMILES string of the molecule is Cc1cc2c(cc1-c1cc(/C=N/O)cc(F)c1O)C(C)(C)CCC2(C)C. The molecule has 0 bridgehead atoms. The predicted octanol–water partition coefficient (Wildman–Crippen LogP) is 5.66. The lowest BCUT2D eigenvalue weighted by Crippen LogP contribution is -2.34. The maximum Gasteiger partial charge on any atom is 0.166 e. The Bertz CT molecular complexity index is 898. The molecule has 1 aliphatic rings. The number of halogens is 1. The van der Waals surface area contributed by atoms with Crippen LogP contribution >= 0.6 is 0 Å². The molecule has 0 saturated heterocycles. The summed E-state index contributed by atoms with van der Waals surface area (Å²) in [4.78, 5) is 0. The highest BCUT2D eigenvalue weighted by Gasteiger charge is 2.37. The highest BCUT2D eigenvalue weighted by Crippen LogP contribution is 2.48. The largest absolute Gasteiger partial charge is 0.504 e. The number of benzene rings is 2. The normalized spacial score (nSPS) is 18.1. The van der Waals surface area contributed by atoms with Gasteiger partial charge in [-0.1, -0.05) is 38.9 Å². The monoisotopic (exact) mass is 355 g/mol. The van der Waals surface area contributed by atoms with Crippen molar-refractivity contribution >= 4 is 6.21 Å². The van der Waals surface area contributed by atoms with Crippen LogP contribution in [0.3, 0.4) is 0 Å². The molecule has 0 spiro atoms. The van der Waals surface area contributed by atoms with Gasteiger partial charge in [-0.25, -0.2) is 4.39 Å². The zero-order valence-corrected chi connectivity index (χ0v) is 16.0. The maximum absolute atomic E-state index is 14.2. The number of nitrogens with zero attached hydrogens (tertiary/aromatic N) is 1. The standard InChI is InChI=1S/C22H26FNO2/c1-13-8-17-18(22(4,5)7-6-21(17,2)3)11-15(13)16-9-14(12-24-26)10-19(23)20(16)25/h8-12,25-26H,6-7H2,1-5H3/b24-12+. The Kier molecular flexibility index (Phi) is 4.33. The van der Waals surface area contributed by atoms with Crippen LogP contribution in [0.5, 0.6) is 5.75 Å². The highest BCUT2D eigenvalue weighted by molar-refractivity contribution is 5.85. The van der Waals surface area contributed by atoms with E-state index in [0.29, 0.717) is 11.1 Å². The topological polar surface area (TPSA) is 52.8 Å². The third-order valence-corrected chi connectivity index (χ3v) is 5.78. The Morgan fingerprint density at radius 1 is 0.962 bits per heavy atom. The van der Waals surface area contributed by atoms with E-state index in [1.54, 1.807) is 6.07 Å². The second kappa shape index (κ2) is 6.11. The molecule has 0 heterocycles. The van der Waals surface area contributed by atoms with Crippen molar-refractivity contribution in [2.24, 2.45) is 5.16 Å². The minimum atomic E-state index is -0.728. The summed E-state index contributed by atoms with van der Waals surface area (Å²) < 4.78 is 14.2. The summed E-state index contributed by atoms with van der Waals surface area (Å²) in [6, 6.07) is 7.07. The summed E-state index contributed by atoms with van der Waals surface area (Å²) in [7, 11) is 0. The Balaban J connectivity index is 2.29. The molecule has 0 radical (unpaired) electrons. The third-order valence-electron chi connectivity index (χ3n) is 5.78. The Labute approximate surface area is 154 Å². The van der Waals surface area contributed by atoms with E-state index in [9.17, 15) is 9.50 Å². The summed E-state index contributed by atoms with van der Waals surface area (Å²) in [5.41, 5.74) is 5.28. The molecule has 0 fully saturated rings. The molecule has 4 heteroatoms. The Hall–Kier alpha value is -2.36. The molecule has 1 aliphatic carbocycles. The molecule has 0 atom stereocenters. The van der Waals surface area contributed by atoms with Gasteiger partial charge in [-0.05, 0) is 76.6 Å². The van der Waals surface area contributed by atoms with E-state index < -0.39 is 5.82 Å². The first-order valence-electron chi connectivity index (χ1n) is 8.93. The minimum absolute atomic E-state index is 0.0195. The molecule has 0 aliphatic heterocycles. The van der Waals surface area contributed by atoms with Crippen LogP contribution in [-0.2, 0) is 10.8 Å². The molecule has 0 amide bonds. The van der Waals surface area contributed by atoms with Crippen LogP contribution in [0.1, 0.15) is 62.8 Å². The fourth-order valence-electron chi connectivity index (χ4n) is 3.98. The summed E-state index contributed by atoms with van der Waals surface area (Å²) in [5, 5.41) is 22.1. The summed E-state index contributed by atoms with van der Waals surface area (Å²) >= 11 is 0. The number of aryl methyl sites for hydroxylation is 1. The van der Waals surface area contributed by atoms with Crippen LogP contribution in [-0.4, -0.2) is 16.5 Å². The van der Waals surface area contributed by atoms with Crippen molar-refractivity contribution in [1.82, 2.24) is 0 Å². The van der Waals surface area contributed by atoms with E-state index in [1.165, 1.54) is 11.1 Å². The lowest BCUT2D eigenvalue weighted by molar-refractivity contribution is 0.322. The number of hydrogen-bond acceptors (Lipinski definition) is 3. The first kappa shape index (κ1) is 18.4. The second-order valence-corrected chi connectivity index (χ2v) is 8.62. The molecule has 2 aromatic rings. The van der Waals surface area contributed by atoms with E-state index in [4.69, 9.17) is 5.21 Å². The molecular weight excluding hydrogens is 329 g/mol. The first-order valence-corrected chi connectivity index (χ1v) is 8.93. The number of oxime groups is 1. The van der Waals surface area contributed by atoms with E-state index in [-0.39, 0.29) is 16.6 Å². The van der Waals surface area contributed by atoms with Gasteiger partial charge < -0.3 is 10.3 Å². The lowest BCUT2D eigenvalue weighted by atomic mass is 9.62. The summed E-state index contributed by atoms with van der Waals surface area (Å²) in [6.45, 7) is 11.0. The molecular formula is C22H26FNO2. The van der Waals surface area contributed by atoms with Crippen molar-refractivity contribution in [1.29, 1.82) is 0 Å². The summed E-state index contributed by atoms with van der Waals surface area (Å²) in [6.07, 6.45) is 3.36. The van der Waals surface area contributed by atoms with E-state index in [0.717, 1.165) is 36.2 Å². The van der Waals surface area contributed by atoms with Gasteiger partial charge >= 0.3 is 0 Å². The van der Waals surface area contributed by atoms with Gasteiger partial charge in [0.2, 0.25) is 0 Å². The second-order valence-electron chi connectivity index (χ2n) is 8.62. The quantitative estimate of drug-likeness (QED) is 0.415. The smallest absolute Gasteiger partial charge is 0.166 e. The van der Waals surface area contributed by atoms with Crippen molar-refractivity contribution < 1.29 is 14.7 Å². The zero-order chi connectivity index (χ0) is 19.3. The van der Waals surface area contributed by atoms with Crippen molar-refractivity contribution in [2.45, 2.75) is 58.3 Å². The van der Waals surface area contributed by atoms with Gasteiger partial charge in [0.05, 0.1) is 6.21 Å². The number of aromatic hydroxyl groups is 1. The zero-order valence-electron chi connectivity index (χ0n) is 16.0. The van der Waals surface area contributed by atoms with Crippen LogP contribution in [0.2, 0.25) is 0 Å². The first-order chi connectivity index (χ1) is 12.1. The van der Waals surface area contributed by atoms with Crippen molar-refractivity contribution in [3.63, 3.8) is 0 Å². The molecule has 26 heavy (non-hydrogen) atoms. The average molecular weight is 355 g/mol. The maximum atomic E-state index is 14.2. The lowest BCUT2D eigenvalue weighted by Gasteiger charge is -2.42. The van der Waals surface area contributed by atoms with Gasteiger partial charge in [0, 0.05) is 5.56 Å². The molecule has 2 aromatic carbocycles. The van der Waals surface area contributed by atoms with Gasteiger partial charge in [-0.15, -0.1) is 0 Å². The van der Waals surface area contributed by atoms with E-state index >= 15 is 0 Å². The molecule has 0 saturated carbocycles. The number of phenols is 1. The fraction of sp³-hybridized carbons (Fsp3) is 0.409. The van der Waals surface area contributed by atoms with Crippen molar-refractivity contribution in [3.05, 3.63) is 52.3 Å². The van der Waals surface area contributed by atoms with Crippen molar-refractivity contribution in [2.75, 3.05) is 0 Å². The molecule has 138 valence electrons. The van der Waals surface area contributed by atoms with Gasteiger partial charge in [0.25, 0.3) is 0 Å². The molecule has 2 N–H and O–H groups in total. The minimum Gasteiger partial charge on any atom is -0.504 e. The van der Waals surface area contributed by atoms with Gasteiger partial charge in [-0.3, -0.25) is 0 Å². The predicted molar refractivity (Wildman–Crippen MR) is 103 cm³/mol. The average Bonchev–Trinajstić information content (AvgIpc) is 2.55. The fourth-order valence-corrected chi connectivity index (χ4v) is 3.98. The number of rotatable bonds is 2. The Morgan fingerprint density at radius 2 is 1.54 bits per heavy atom. The van der Waals surface area contributed by atoms with E-state index in [1.807, 2.05) is 6.92 Å². The number of fused-ring (bicyclic) bond motifs is 1. The van der Waals surface area contributed by atoms with Gasteiger partial charge in [0.1, 0.15) is 0 Å². The van der Waals surface area contributed by atoms with E-state index in [2.05, 4.69) is 45.0 Å². The van der Waals surface area contributed by atoms with Crippen LogP contribution in [0, 0.1) is 12.7 Å². The molecule has 3 rings (SSSR count). The highest BCUT2D eigenvalue weighted by atomic mass is 19.1. The third kappa shape index (κ3) is 2.98. The van der Waals surface area contributed by atoms with Gasteiger partial charge in [0.15, 0.2) is 11.6 Å². The van der Waals surface area contributed by atoms with Crippen LogP contribution in [0.25, 0.3) is 11.1 Å². The number of hydrogen-bond donors (Lipinski definition) is 2. The molecule has 0 unspecified atom stereocenters. The van der Waals surface area contributed by atoms with Crippen molar-refractivity contribution in [3.8, 4) is 16.9 Å². The van der Waals surface area contributed by atoms with Crippen LogP contribution in [0.4, 0.5) is 4.39 Å². The Morgan fingerprint density at radius 3 is 2.12 bits per heavy atom. The van der Waals surface area contributed by atoms with Gasteiger partial charge in [-0.2, -0.15) is 0 Å². The van der Waals surface area contributed by atoms with Crippen LogP contribution in [0.15, 0.2) is 29.4 Å². The number of phenolic OH excluding ortho intramolecular Hbond substituents is 1. The summed E-state index contributed by atoms with van der Waals surface area (Å²) in [5.74, 6) is -1.11. The molecule has 3 nitrogen and oxygen atoms in total. The molecule has 0 aromatic heterocycles.